The summed E-state index contributed by atoms with van der Waals surface area (Å²) in [4.78, 5) is 2.57. The zero-order valence-electron chi connectivity index (χ0n) is 14.9. The van der Waals surface area contributed by atoms with E-state index in [1.165, 1.54) is 24.8 Å². The van der Waals surface area contributed by atoms with Crippen LogP contribution in [0, 0.1) is 5.92 Å². The van der Waals surface area contributed by atoms with Gasteiger partial charge in [-0.15, -0.1) is 0 Å². The summed E-state index contributed by atoms with van der Waals surface area (Å²) in [5.41, 5.74) is 7.60. The minimum absolute atomic E-state index is 0.388. The van der Waals surface area contributed by atoms with Gasteiger partial charge in [0.05, 0.1) is 14.2 Å². The number of methoxy groups -OCH3 is 2. The standard InChI is InChI=1S/C19H32N2O2/c1-4-5-6-16-14-21(12-10-17(16)20)11-9-15-7-8-18(22-2)19(13-15)23-3/h7-8,13,16-17H,4-6,9-12,14,20H2,1-3H3. The molecule has 0 saturated carbocycles. The van der Waals surface area contributed by atoms with Gasteiger partial charge in [-0.3, -0.25) is 0 Å². The third-order valence-electron chi connectivity index (χ3n) is 4.97. The van der Waals surface area contributed by atoms with Gasteiger partial charge in [-0.2, -0.15) is 0 Å². The molecule has 0 bridgehead atoms. The number of nitrogens with two attached hydrogens (primary N) is 1. The predicted octanol–water partition coefficient (Wildman–Crippen LogP) is 3.09. The molecule has 1 aromatic carbocycles. The molecule has 4 heteroatoms. The van der Waals surface area contributed by atoms with E-state index in [1.807, 2.05) is 6.07 Å². The molecule has 0 aliphatic carbocycles. The van der Waals surface area contributed by atoms with Crippen molar-refractivity contribution in [2.75, 3.05) is 33.9 Å². The maximum Gasteiger partial charge on any atom is 0.160 e. The van der Waals surface area contributed by atoms with Crippen molar-refractivity contribution in [3.8, 4) is 11.5 Å². The summed E-state index contributed by atoms with van der Waals surface area (Å²) >= 11 is 0. The quantitative estimate of drug-likeness (QED) is 0.799. The van der Waals surface area contributed by atoms with E-state index in [-0.39, 0.29) is 0 Å². The number of unbranched alkanes of at least 4 members (excludes halogenated alkanes) is 1. The number of piperidine rings is 1. The molecule has 1 fully saturated rings. The Balaban J connectivity index is 1.87. The van der Waals surface area contributed by atoms with Gasteiger partial charge in [0.25, 0.3) is 0 Å². The molecule has 1 aliphatic rings. The first kappa shape index (κ1) is 18.1. The van der Waals surface area contributed by atoms with E-state index in [9.17, 15) is 0 Å². The van der Waals surface area contributed by atoms with Crippen LogP contribution < -0.4 is 15.2 Å². The highest BCUT2D eigenvalue weighted by molar-refractivity contribution is 5.42. The minimum atomic E-state index is 0.388. The van der Waals surface area contributed by atoms with Gasteiger partial charge in [-0.05, 0) is 49.4 Å². The van der Waals surface area contributed by atoms with Crippen LogP contribution in [-0.2, 0) is 6.42 Å². The van der Waals surface area contributed by atoms with E-state index in [2.05, 4.69) is 24.0 Å². The van der Waals surface area contributed by atoms with Crippen molar-refractivity contribution in [1.82, 2.24) is 4.90 Å². The lowest BCUT2D eigenvalue weighted by Gasteiger charge is -2.37. The van der Waals surface area contributed by atoms with Gasteiger partial charge in [0.2, 0.25) is 0 Å². The van der Waals surface area contributed by atoms with Crippen LogP contribution in [0.25, 0.3) is 0 Å². The van der Waals surface area contributed by atoms with Gasteiger partial charge in [-0.1, -0.05) is 25.8 Å². The second-order valence-corrected chi connectivity index (χ2v) is 6.59. The SMILES string of the molecule is CCCCC1CN(CCc2ccc(OC)c(OC)c2)CCC1N. The summed E-state index contributed by atoms with van der Waals surface area (Å²) in [5.74, 6) is 2.26. The van der Waals surface area contributed by atoms with Crippen LogP contribution in [-0.4, -0.2) is 44.8 Å². The number of nitrogens with zero attached hydrogens (tertiary/aromatic N) is 1. The largest absolute Gasteiger partial charge is 0.493 e. The first-order valence-electron chi connectivity index (χ1n) is 8.86. The molecule has 0 amide bonds. The van der Waals surface area contributed by atoms with E-state index in [0.717, 1.165) is 44.0 Å². The Bertz CT molecular complexity index is 478. The Morgan fingerprint density at radius 2 is 2.00 bits per heavy atom. The molecule has 130 valence electrons. The van der Waals surface area contributed by atoms with Gasteiger partial charge in [0.1, 0.15) is 0 Å². The number of likely N-dealkylation sites (tertiary alicyclic amines) is 1. The van der Waals surface area contributed by atoms with Crippen molar-refractivity contribution in [2.45, 2.75) is 45.1 Å². The molecule has 1 aromatic rings. The fourth-order valence-electron chi connectivity index (χ4n) is 3.42. The molecule has 4 nitrogen and oxygen atoms in total. The third-order valence-corrected chi connectivity index (χ3v) is 4.97. The Morgan fingerprint density at radius 3 is 2.70 bits per heavy atom. The average molecular weight is 320 g/mol. The number of hydrogen-bond acceptors (Lipinski definition) is 4. The smallest absolute Gasteiger partial charge is 0.160 e. The number of rotatable bonds is 8. The molecule has 23 heavy (non-hydrogen) atoms. The molecule has 1 heterocycles. The van der Waals surface area contributed by atoms with Gasteiger partial charge >= 0.3 is 0 Å². The van der Waals surface area contributed by atoms with Crippen LogP contribution >= 0.6 is 0 Å². The summed E-state index contributed by atoms with van der Waals surface area (Å²) in [5, 5.41) is 0. The van der Waals surface area contributed by atoms with Crippen molar-refractivity contribution < 1.29 is 9.47 Å². The zero-order valence-corrected chi connectivity index (χ0v) is 14.9. The molecule has 0 aromatic heterocycles. The molecular formula is C19H32N2O2. The van der Waals surface area contributed by atoms with Crippen molar-refractivity contribution in [1.29, 1.82) is 0 Å². The first-order valence-corrected chi connectivity index (χ1v) is 8.86. The van der Waals surface area contributed by atoms with Crippen LogP contribution in [0.3, 0.4) is 0 Å². The maximum atomic E-state index is 6.30. The van der Waals surface area contributed by atoms with Crippen LogP contribution in [0.4, 0.5) is 0 Å². The van der Waals surface area contributed by atoms with Crippen LogP contribution in [0.1, 0.15) is 38.2 Å². The van der Waals surface area contributed by atoms with Gasteiger partial charge < -0.3 is 20.1 Å². The van der Waals surface area contributed by atoms with Crippen LogP contribution in [0.5, 0.6) is 11.5 Å². The summed E-state index contributed by atoms with van der Waals surface area (Å²) < 4.78 is 10.7. The highest BCUT2D eigenvalue weighted by Gasteiger charge is 2.25. The average Bonchev–Trinajstić information content (AvgIpc) is 2.59. The Kier molecular flexibility index (Phi) is 7.18. The fraction of sp³-hybridized carbons (Fsp3) is 0.684. The Morgan fingerprint density at radius 1 is 1.22 bits per heavy atom. The van der Waals surface area contributed by atoms with Gasteiger partial charge in [-0.25, -0.2) is 0 Å². The van der Waals surface area contributed by atoms with Gasteiger partial charge in [0.15, 0.2) is 11.5 Å². The molecule has 2 atom stereocenters. The van der Waals surface area contributed by atoms with Crippen molar-refractivity contribution in [3.63, 3.8) is 0 Å². The second kappa shape index (κ2) is 9.14. The highest BCUT2D eigenvalue weighted by Crippen LogP contribution is 2.28. The molecule has 0 spiro atoms. The third kappa shape index (κ3) is 5.11. The number of ether oxygens (including phenoxy) is 2. The van der Waals surface area contributed by atoms with E-state index < -0.39 is 0 Å². The topological polar surface area (TPSA) is 47.7 Å². The van der Waals surface area contributed by atoms with E-state index in [1.54, 1.807) is 14.2 Å². The van der Waals surface area contributed by atoms with Crippen LogP contribution in [0.15, 0.2) is 18.2 Å². The lowest BCUT2D eigenvalue weighted by Crippen LogP contribution is -2.47. The Labute approximate surface area is 140 Å². The maximum absolute atomic E-state index is 6.30. The Hall–Kier alpha value is -1.26. The molecule has 0 radical (unpaired) electrons. The normalized spacial score (nSPS) is 22.1. The number of hydrogen-bond donors (Lipinski definition) is 1. The second-order valence-electron chi connectivity index (χ2n) is 6.59. The van der Waals surface area contributed by atoms with E-state index >= 15 is 0 Å². The van der Waals surface area contributed by atoms with Crippen molar-refractivity contribution >= 4 is 0 Å². The minimum Gasteiger partial charge on any atom is -0.493 e. The first-order chi connectivity index (χ1) is 11.2. The van der Waals surface area contributed by atoms with Crippen LogP contribution in [0.2, 0.25) is 0 Å². The monoisotopic (exact) mass is 320 g/mol. The molecule has 2 unspecified atom stereocenters. The number of benzene rings is 1. The predicted molar refractivity (Wildman–Crippen MR) is 95.3 cm³/mol. The van der Waals surface area contributed by atoms with Gasteiger partial charge in [0, 0.05) is 19.1 Å². The fourth-order valence-corrected chi connectivity index (χ4v) is 3.42. The van der Waals surface area contributed by atoms with E-state index in [4.69, 9.17) is 15.2 Å². The zero-order chi connectivity index (χ0) is 16.7. The molecule has 2 rings (SSSR count). The van der Waals surface area contributed by atoms with Crippen molar-refractivity contribution in [2.24, 2.45) is 11.7 Å². The molecule has 1 saturated heterocycles. The molecular weight excluding hydrogens is 288 g/mol. The van der Waals surface area contributed by atoms with Crippen molar-refractivity contribution in [3.05, 3.63) is 23.8 Å². The lowest BCUT2D eigenvalue weighted by molar-refractivity contribution is 0.148. The summed E-state index contributed by atoms with van der Waals surface area (Å²) in [7, 11) is 3.36. The summed E-state index contributed by atoms with van der Waals surface area (Å²) in [6, 6.07) is 6.60. The summed E-state index contributed by atoms with van der Waals surface area (Å²) in [6.45, 7) is 5.61. The summed E-state index contributed by atoms with van der Waals surface area (Å²) in [6.07, 6.45) is 5.98. The van der Waals surface area contributed by atoms with E-state index in [0.29, 0.717) is 12.0 Å². The lowest BCUT2D eigenvalue weighted by atomic mass is 9.88. The molecule has 1 aliphatic heterocycles. The molecule has 2 N–H and O–H groups in total. The highest BCUT2D eigenvalue weighted by atomic mass is 16.5.